The molecule has 1 aromatic carbocycles. The van der Waals surface area contributed by atoms with Crippen LogP contribution in [0.25, 0.3) is 0 Å². The first kappa shape index (κ1) is 10.6. The van der Waals surface area contributed by atoms with E-state index in [2.05, 4.69) is 4.98 Å². The van der Waals surface area contributed by atoms with E-state index in [0.717, 1.165) is 11.1 Å². The van der Waals surface area contributed by atoms with E-state index in [1.165, 1.54) is 0 Å². The van der Waals surface area contributed by atoms with Crippen LogP contribution < -0.4 is 0 Å². The predicted octanol–water partition coefficient (Wildman–Crippen LogP) is 2.06. The van der Waals surface area contributed by atoms with Gasteiger partial charge >= 0.3 is 0 Å². The van der Waals surface area contributed by atoms with Crippen molar-refractivity contribution in [2.75, 3.05) is 0 Å². The number of nitrogens with zero attached hydrogens (tertiary/aromatic N) is 1. The number of aliphatic hydroxyl groups is 1. The number of pyridine rings is 1. The molecule has 0 aliphatic carbocycles. The van der Waals surface area contributed by atoms with Crippen LogP contribution in [0.3, 0.4) is 0 Å². The quantitative estimate of drug-likeness (QED) is 0.824. The van der Waals surface area contributed by atoms with Crippen molar-refractivity contribution in [3.63, 3.8) is 0 Å². The summed E-state index contributed by atoms with van der Waals surface area (Å²) in [6.07, 6.45) is 3.41. The van der Waals surface area contributed by atoms with Gasteiger partial charge in [-0.05, 0) is 35.4 Å². The molecular formula is C13H13NO2. The Balaban J connectivity index is 2.09. The fraction of sp³-hybridized carbons (Fsp3) is 0.154. The zero-order valence-corrected chi connectivity index (χ0v) is 8.74. The van der Waals surface area contributed by atoms with Gasteiger partial charge in [0.2, 0.25) is 0 Å². The van der Waals surface area contributed by atoms with Gasteiger partial charge < -0.3 is 10.2 Å². The molecule has 0 fully saturated rings. The maximum Gasteiger partial charge on any atom is 0.115 e. The number of phenols is 1. The van der Waals surface area contributed by atoms with Gasteiger partial charge in [0.25, 0.3) is 0 Å². The van der Waals surface area contributed by atoms with Crippen LogP contribution >= 0.6 is 0 Å². The van der Waals surface area contributed by atoms with Gasteiger partial charge in [-0.2, -0.15) is 0 Å². The highest BCUT2D eigenvalue weighted by Gasteiger charge is 2.08. The van der Waals surface area contributed by atoms with Gasteiger partial charge in [-0.25, -0.2) is 0 Å². The van der Waals surface area contributed by atoms with Gasteiger partial charge in [0, 0.05) is 18.8 Å². The zero-order valence-electron chi connectivity index (χ0n) is 8.74. The minimum atomic E-state index is -0.553. The Morgan fingerprint density at radius 3 is 2.25 bits per heavy atom. The van der Waals surface area contributed by atoms with Crippen LogP contribution in [0.15, 0.2) is 48.8 Å². The molecule has 1 unspecified atom stereocenters. The lowest BCUT2D eigenvalue weighted by Gasteiger charge is -2.10. The number of aromatic hydroxyl groups is 1. The summed E-state index contributed by atoms with van der Waals surface area (Å²) < 4.78 is 0. The third kappa shape index (κ3) is 2.58. The van der Waals surface area contributed by atoms with Gasteiger partial charge in [-0.15, -0.1) is 0 Å². The number of aliphatic hydroxyl groups excluding tert-OH is 1. The number of aromatic nitrogens is 1. The van der Waals surface area contributed by atoms with Gasteiger partial charge in [0.05, 0.1) is 6.10 Å². The smallest absolute Gasteiger partial charge is 0.115 e. The normalized spacial score (nSPS) is 12.3. The Hall–Kier alpha value is -1.87. The Morgan fingerprint density at radius 1 is 1.00 bits per heavy atom. The van der Waals surface area contributed by atoms with Crippen molar-refractivity contribution >= 4 is 0 Å². The van der Waals surface area contributed by atoms with Crippen molar-refractivity contribution in [2.24, 2.45) is 0 Å². The lowest BCUT2D eigenvalue weighted by atomic mass is 10.0. The van der Waals surface area contributed by atoms with Crippen LogP contribution in [-0.4, -0.2) is 15.2 Å². The minimum Gasteiger partial charge on any atom is -0.508 e. The Labute approximate surface area is 94.0 Å². The van der Waals surface area contributed by atoms with E-state index in [1.54, 1.807) is 36.7 Å². The molecule has 0 radical (unpaired) electrons. The van der Waals surface area contributed by atoms with E-state index in [4.69, 9.17) is 5.11 Å². The summed E-state index contributed by atoms with van der Waals surface area (Å²) in [6, 6.07) is 10.4. The molecule has 0 saturated carbocycles. The van der Waals surface area contributed by atoms with Crippen LogP contribution in [0, 0.1) is 0 Å². The van der Waals surface area contributed by atoms with Crippen molar-refractivity contribution in [3.8, 4) is 5.75 Å². The second-order valence-electron chi connectivity index (χ2n) is 3.67. The summed E-state index contributed by atoms with van der Waals surface area (Å²) in [6.45, 7) is 0. The molecule has 3 heteroatoms. The molecule has 0 spiro atoms. The average Bonchev–Trinajstić information content (AvgIpc) is 2.31. The molecule has 1 heterocycles. The van der Waals surface area contributed by atoms with Crippen molar-refractivity contribution in [1.29, 1.82) is 0 Å². The molecule has 2 rings (SSSR count). The largest absolute Gasteiger partial charge is 0.508 e. The Bertz CT molecular complexity index is 439. The van der Waals surface area contributed by atoms with Gasteiger partial charge in [-0.1, -0.05) is 12.1 Å². The first-order valence-electron chi connectivity index (χ1n) is 5.11. The second-order valence-corrected chi connectivity index (χ2v) is 3.67. The molecule has 1 aromatic heterocycles. The Morgan fingerprint density at radius 2 is 1.62 bits per heavy atom. The first-order chi connectivity index (χ1) is 7.75. The van der Waals surface area contributed by atoms with Crippen LogP contribution in [0.1, 0.15) is 17.2 Å². The molecule has 0 bridgehead atoms. The van der Waals surface area contributed by atoms with Crippen molar-refractivity contribution in [1.82, 2.24) is 4.98 Å². The molecule has 0 amide bonds. The standard InChI is InChI=1S/C13H13NO2/c15-12-3-1-11(2-4-12)13(16)9-10-5-7-14-8-6-10/h1-8,13,15-16H,9H2. The third-order valence-electron chi connectivity index (χ3n) is 2.46. The first-order valence-corrected chi connectivity index (χ1v) is 5.11. The predicted molar refractivity (Wildman–Crippen MR) is 61.0 cm³/mol. The number of benzene rings is 1. The van der Waals surface area contributed by atoms with Crippen molar-refractivity contribution in [3.05, 3.63) is 59.9 Å². The molecule has 0 saturated heterocycles. The van der Waals surface area contributed by atoms with Gasteiger partial charge in [0.15, 0.2) is 0 Å². The average molecular weight is 215 g/mol. The van der Waals surface area contributed by atoms with Crippen LogP contribution in [-0.2, 0) is 6.42 Å². The van der Waals surface area contributed by atoms with E-state index in [0.29, 0.717) is 6.42 Å². The highest BCUT2D eigenvalue weighted by atomic mass is 16.3. The fourth-order valence-electron chi connectivity index (χ4n) is 1.56. The summed E-state index contributed by atoms with van der Waals surface area (Å²) in [5, 5.41) is 19.1. The Kier molecular flexibility index (Phi) is 3.17. The van der Waals surface area contributed by atoms with Crippen LogP contribution in [0.2, 0.25) is 0 Å². The highest BCUT2D eigenvalue weighted by Crippen LogP contribution is 2.20. The van der Waals surface area contributed by atoms with Crippen LogP contribution in [0.5, 0.6) is 5.75 Å². The third-order valence-corrected chi connectivity index (χ3v) is 2.46. The summed E-state index contributed by atoms with van der Waals surface area (Å²) in [4.78, 5) is 3.92. The van der Waals surface area contributed by atoms with Gasteiger partial charge in [0.1, 0.15) is 5.75 Å². The maximum absolute atomic E-state index is 9.96. The number of hydrogen-bond donors (Lipinski definition) is 2. The van der Waals surface area contributed by atoms with E-state index in [-0.39, 0.29) is 5.75 Å². The molecule has 0 aliphatic rings. The van der Waals surface area contributed by atoms with E-state index < -0.39 is 6.10 Å². The number of phenolic OH excluding ortho intramolecular Hbond substituents is 1. The van der Waals surface area contributed by atoms with Crippen molar-refractivity contribution in [2.45, 2.75) is 12.5 Å². The minimum absolute atomic E-state index is 0.208. The zero-order chi connectivity index (χ0) is 11.4. The van der Waals surface area contributed by atoms with E-state index in [9.17, 15) is 5.11 Å². The molecular weight excluding hydrogens is 202 g/mol. The highest BCUT2D eigenvalue weighted by molar-refractivity contribution is 5.28. The monoisotopic (exact) mass is 215 g/mol. The molecule has 0 aliphatic heterocycles. The van der Waals surface area contributed by atoms with Gasteiger partial charge in [-0.3, -0.25) is 4.98 Å². The molecule has 2 N–H and O–H groups in total. The second kappa shape index (κ2) is 4.77. The molecule has 82 valence electrons. The molecule has 16 heavy (non-hydrogen) atoms. The van der Waals surface area contributed by atoms with E-state index >= 15 is 0 Å². The number of hydrogen-bond acceptors (Lipinski definition) is 3. The number of rotatable bonds is 3. The summed E-state index contributed by atoms with van der Waals surface area (Å²) >= 11 is 0. The van der Waals surface area contributed by atoms with Crippen LogP contribution in [0.4, 0.5) is 0 Å². The molecule has 2 aromatic rings. The summed E-state index contributed by atoms with van der Waals surface area (Å²) in [5.74, 6) is 0.208. The maximum atomic E-state index is 9.96. The molecule has 1 atom stereocenters. The lowest BCUT2D eigenvalue weighted by molar-refractivity contribution is 0.178. The fourth-order valence-corrected chi connectivity index (χ4v) is 1.56. The lowest BCUT2D eigenvalue weighted by Crippen LogP contribution is -2.01. The van der Waals surface area contributed by atoms with Crippen molar-refractivity contribution < 1.29 is 10.2 Å². The SMILES string of the molecule is Oc1ccc(C(O)Cc2ccncc2)cc1. The summed E-state index contributed by atoms with van der Waals surface area (Å²) in [7, 11) is 0. The summed E-state index contributed by atoms with van der Waals surface area (Å²) in [5.41, 5.74) is 1.84. The van der Waals surface area contributed by atoms with E-state index in [1.807, 2.05) is 12.1 Å². The topological polar surface area (TPSA) is 53.4 Å². The molecule has 3 nitrogen and oxygen atoms in total.